The van der Waals surface area contributed by atoms with E-state index in [1.165, 1.54) is 13.1 Å². The van der Waals surface area contributed by atoms with Crippen LogP contribution in [-0.4, -0.2) is 4.98 Å². The molecule has 2 nitrogen and oxygen atoms in total. The van der Waals surface area contributed by atoms with Gasteiger partial charge in [0.1, 0.15) is 5.15 Å². The molecular formula is C7H7ClF2N2. The van der Waals surface area contributed by atoms with E-state index in [0.29, 0.717) is 5.56 Å². The van der Waals surface area contributed by atoms with Gasteiger partial charge in [-0.2, -0.15) is 0 Å². The van der Waals surface area contributed by atoms with E-state index in [2.05, 4.69) is 4.98 Å². The first-order chi connectivity index (χ1) is 5.54. The topological polar surface area (TPSA) is 38.9 Å². The second-order valence-corrected chi connectivity index (χ2v) is 2.70. The van der Waals surface area contributed by atoms with Crippen LogP contribution >= 0.6 is 11.6 Å². The molecule has 12 heavy (non-hydrogen) atoms. The highest BCUT2D eigenvalue weighted by molar-refractivity contribution is 6.30. The number of anilines is 1. The molecule has 0 atom stereocenters. The zero-order valence-electron chi connectivity index (χ0n) is 6.31. The largest absolute Gasteiger partial charge is 0.397 e. The molecule has 0 aliphatic rings. The van der Waals surface area contributed by atoms with Gasteiger partial charge in [-0.15, -0.1) is 0 Å². The molecule has 1 aromatic heterocycles. The van der Waals surface area contributed by atoms with Gasteiger partial charge >= 0.3 is 0 Å². The number of hydrogen-bond donors (Lipinski definition) is 1. The van der Waals surface area contributed by atoms with Crippen molar-refractivity contribution >= 4 is 17.3 Å². The lowest BCUT2D eigenvalue weighted by Crippen LogP contribution is -1.99. The summed E-state index contributed by atoms with van der Waals surface area (Å²) in [5, 5.41) is -0.184. The van der Waals surface area contributed by atoms with Gasteiger partial charge in [-0.1, -0.05) is 11.6 Å². The van der Waals surface area contributed by atoms with E-state index in [9.17, 15) is 8.78 Å². The summed E-state index contributed by atoms with van der Waals surface area (Å²) in [6, 6.07) is 0. The van der Waals surface area contributed by atoms with Crippen molar-refractivity contribution in [3.63, 3.8) is 0 Å². The van der Waals surface area contributed by atoms with Crippen LogP contribution in [-0.2, 0) is 0 Å². The van der Waals surface area contributed by atoms with Crippen molar-refractivity contribution in [3.05, 3.63) is 22.5 Å². The summed E-state index contributed by atoms with van der Waals surface area (Å²) in [6.07, 6.45) is -1.36. The minimum absolute atomic E-state index is 0.184. The molecule has 0 unspecified atom stereocenters. The third-order valence-corrected chi connectivity index (χ3v) is 1.90. The van der Waals surface area contributed by atoms with Crippen molar-refractivity contribution in [2.75, 3.05) is 5.73 Å². The number of pyridine rings is 1. The van der Waals surface area contributed by atoms with Crippen LogP contribution in [0.3, 0.4) is 0 Å². The summed E-state index contributed by atoms with van der Waals surface area (Å²) in [5.41, 5.74) is 5.62. The summed E-state index contributed by atoms with van der Waals surface area (Å²) in [5.74, 6) is 0. The van der Waals surface area contributed by atoms with Gasteiger partial charge in [-0.05, 0) is 12.5 Å². The molecule has 1 heterocycles. The van der Waals surface area contributed by atoms with Gasteiger partial charge in [0.15, 0.2) is 0 Å². The maximum Gasteiger partial charge on any atom is 0.267 e. The average molecular weight is 193 g/mol. The fraction of sp³-hybridized carbons (Fsp3) is 0.286. The fourth-order valence-corrected chi connectivity index (χ4v) is 1.13. The zero-order chi connectivity index (χ0) is 9.30. The zero-order valence-corrected chi connectivity index (χ0v) is 7.07. The van der Waals surface area contributed by atoms with Crippen molar-refractivity contribution in [2.24, 2.45) is 0 Å². The molecule has 0 aromatic carbocycles. The van der Waals surface area contributed by atoms with Crippen LogP contribution < -0.4 is 5.73 Å². The predicted molar refractivity (Wildman–Crippen MR) is 43.4 cm³/mol. The Morgan fingerprint density at radius 2 is 2.17 bits per heavy atom. The highest BCUT2D eigenvalue weighted by Crippen LogP contribution is 2.30. The number of nitrogens with zero attached hydrogens (tertiary/aromatic N) is 1. The third-order valence-electron chi connectivity index (χ3n) is 1.59. The highest BCUT2D eigenvalue weighted by Gasteiger charge is 2.17. The molecule has 0 radical (unpaired) electrons. The number of nitrogens with two attached hydrogens (primary N) is 1. The molecule has 66 valence electrons. The standard InChI is InChI=1S/C7H7ClF2N2/c1-3-4(11)2-12-6(8)5(3)7(9)10/h2,7H,11H2,1H3. The quantitative estimate of drug-likeness (QED) is 0.695. The molecule has 0 saturated carbocycles. The number of halogens is 3. The molecule has 0 saturated heterocycles. The summed E-state index contributed by atoms with van der Waals surface area (Å²) >= 11 is 5.45. The van der Waals surface area contributed by atoms with Crippen molar-refractivity contribution in [3.8, 4) is 0 Å². The lowest BCUT2D eigenvalue weighted by Gasteiger charge is -2.07. The van der Waals surface area contributed by atoms with E-state index in [4.69, 9.17) is 17.3 Å². The van der Waals surface area contributed by atoms with Crippen molar-refractivity contribution < 1.29 is 8.78 Å². The number of alkyl halides is 2. The smallest absolute Gasteiger partial charge is 0.267 e. The minimum atomic E-state index is -2.63. The van der Waals surface area contributed by atoms with E-state index in [1.807, 2.05) is 0 Å². The number of aromatic nitrogens is 1. The van der Waals surface area contributed by atoms with E-state index < -0.39 is 6.43 Å². The lowest BCUT2D eigenvalue weighted by atomic mass is 10.1. The normalized spacial score (nSPS) is 10.8. The Morgan fingerprint density at radius 1 is 1.58 bits per heavy atom. The Hall–Kier alpha value is -0.900. The van der Waals surface area contributed by atoms with Crippen LogP contribution in [0.15, 0.2) is 6.20 Å². The molecule has 0 aliphatic heterocycles. The predicted octanol–water partition coefficient (Wildman–Crippen LogP) is 2.56. The first-order valence-electron chi connectivity index (χ1n) is 3.22. The molecule has 0 spiro atoms. The highest BCUT2D eigenvalue weighted by atomic mass is 35.5. The second kappa shape index (κ2) is 3.23. The summed E-state index contributed by atoms with van der Waals surface area (Å²) < 4.78 is 24.6. The molecule has 2 N–H and O–H groups in total. The molecule has 0 fully saturated rings. The van der Waals surface area contributed by atoms with Gasteiger partial charge in [-0.25, -0.2) is 13.8 Å². The van der Waals surface area contributed by atoms with Crippen molar-refractivity contribution in [1.29, 1.82) is 0 Å². The summed E-state index contributed by atoms with van der Waals surface area (Å²) in [4.78, 5) is 3.52. The van der Waals surface area contributed by atoms with Crippen LogP contribution in [0.5, 0.6) is 0 Å². The Balaban J connectivity index is 3.33. The first-order valence-corrected chi connectivity index (χ1v) is 3.60. The number of nitrogen functional groups attached to an aromatic ring is 1. The van der Waals surface area contributed by atoms with E-state index in [1.54, 1.807) is 0 Å². The monoisotopic (exact) mass is 192 g/mol. The minimum Gasteiger partial charge on any atom is -0.397 e. The summed E-state index contributed by atoms with van der Waals surface area (Å²) in [6.45, 7) is 1.49. The van der Waals surface area contributed by atoms with Crippen LogP contribution in [0, 0.1) is 6.92 Å². The molecule has 1 rings (SSSR count). The van der Waals surface area contributed by atoms with E-state index in [-0.39, 0.29) is 16.4 Å². The van der Waals surface area contributed by atoms with Gasteiger partial charge in [0.25, 0.3) is 6.43 Å². The van der Waals surface area contributed by atoms with Crippen LogP contribution in [0.4, 0.5) is 14.5 Å². The Bertz CT molecular complexity index is 302. The molecule has 0 amide bonds. The van der Waals surface area contributed by atoms with Crippen LogP contribution in [0.25, 0.3) is 0 Å². The summed E-state index contributed by atoms with van der Waals surface area (Å²) in [7, 11) is 0. The van der Waals surface area contributed by atoms with Gasteiger partial charge in [0.2, 0.25) is 0 Å². The average Bonchev–Trinajstić information content (AvgIpc) is 1.97. The Labute approximate surface area is 73.4 Å². The molecule has 5 heteroatoms. The fourth-order valence-electron chi connectivity index (χ4n) is 0.857. The number of hydrogen-bond acceptors (Lipinski definition) is 2. The molecule has 0 aliphatic carbocycles. The Kier molecular flexibility index (Phi) is 2.47. The second-order valence-electron chi connectivity index (χ2n) is 2.34. The molecule has 1 aromatic rings. The molecular weight excluding hydrogens is 186 g/mol. The number of rotatable bonds is 1. The van der Waals surface area contributed by atoms with Crippen molar-refractivity contribution in [2.45, 2.75) is 13.3 Å². The third kappa shape index (κ3) is 1.48. The Morgan fingerprint density at radius 3 is 2.58 bits per heavy atom. The van der Waals surface area contributed by atoms with Gasteiger partial charge in [0.05, 0.1) is 17.4 Å². The van der Waals surface area contributed by atoms with Crippen LogP contribution in [0.1, 0.15) is 17.6 Å². The van der Waals surface area contributed by atoms with Gasteiger partial charge in [0, 0.05) is 0 Å². The lowest BCUT2D eigenvalue weighted by molar-refractivity contribution is 0.150. The molecule has 0 bridgehead atoms. The SMILES string of the molecule is Cc1c(N)cnc(Cl)c1C(F)F. The first kappa shape index (κ1) is 9.19. The van der Waals surface area contributed by atoms with E-state index >= 15 is 0 Å². The maximum atomic E-state index is 12.3. The van der Waals surface area contributed by atoms with Gasteiger partial charge in [-0.3, -0.25) is 0 Å². The van der Waals surface area contributed by atoms with Gasteiger partial charge < -0.3 is 5.73 Å². The van der Waals surface area contributed by atoms with E-state index in [0.717, 1.165) is 0 Å². The maximum absolute atomic E-state index is 12.3. The van der Waals surface area contributed by atoms with Crippen LogP contribution in [0.2, 0.25) is 5.15 Å². The van der Waals surface area contributed by atoms with Crippen molar-refractivity contribution in [1.82, 2.24) is 4.98 Å².